The van der Waals surface area contributed by atoms with Crippen molar-refractivity contribution < 1.29 is 41.4 Å². The van der Waals surface area contributed by atoms with Gasteiger partial charge in [0.25, 0.3) is 0 Å². The number of alkyl halides is 3. The Morgan fingerprint density at radius 2 is 1.69 bits per heavy atom. The molecule has 1 atom stereocenters. The van der Waals surface area contributed by atoms with Gasteiger partial charge < -0.3 is 15.2 Å². The summed E-state index contributed by atoms with van der Waals surface area (Å²) in [5, 5.41) is 18.0. The summed E-state index contributed by atoms with van der Waals surface area (Å²) in [5.74, 6) is -3.30. The number of hydrogen-bond donors (Lipinski definition) is 3. The van der Waals surface area contributed by atoms with Gasteiger partial charge >= 0.3 is 18.1 Å². The average Bonchev–Trinajstić information content (AvgIpc) is 3.17. The molecule has 3 N–H and O–H groups in total. The molecule has 0 saturated heterocycles. The molecule has 0 amide bonds. The Bertz CT molecular complexity index is 1450. The fourth-order valence-electron chi connectivity index (χ4n) is 4.26. The van der Waals surface area contributed by atoms with Crippen molar-refractivity contribution in [2.24, 2.45) is 5.92 Å². The van der Waals surface area contributed by atoms with Gasteiger partial charge in [0.1, 0.15) is 9.79 Å². The van der Waals surface area contributed by atoms with Crippen molar-refractivity contribution >= 4 is 33.4 Å². The zero-order valence-electron chi connectivity index (χ0n) is 17.7. The van der Waals surface area contributed by atoms with E-state index in [9.17, 15) is 36.3 Å². The van der Waals surface area contributed by atoms with Crippen LogP contribution in [0.25, 0.3) is 11.3 Å². The number of aromatic carboxylic acids is 1. The second kappa shape index (κ2) is 8.72. The SMILES string of the molecule is O=C(O)c1ccc(-c2[nH]c3c(c2S(=O)(=O)c2c(Cl)cccc2C(F)(F)F)CC(C(=O)O)CC3)cc1. The number of carbonyl (C=O) groups is 2. The number of aryl methyl sites for hydroxylation is 1. The van der Waals surface area contributed by atoms with Crippen molar-refractivity contribution in [2.75, 3.05) is 0 Å². The van der Waals surface area contributed by atoms with Gasteiger partial charge in [0.15, 0.2) is 0 Å². The third kappa shape index (κ3) is 4.41. The Morgan fingerprint density at radius 1 is 1.03 bits per heavy atom. The van der Waals surface area contributed by atoms with Crippen LogP contribution in [0, 0.1) is 5.92 Å². The molecule has 0 saturated carbocycles. The molecular weight excluding hydrogens is 511 g/mol. The summed E-state index contributed by atoms with van der Waals surface area (Å²) in [4.78, 5) is 24.1. The first-order valence-electron chi connectivity index (χ1n) is 10.2. The molecule has 0 fully saturated rings. The Balaban J connectivity index is 2.02. The number of carboxylic acid groups (broad SMARTS) is 2. The number of benzene rings is 2. The van der Waals surface area contributed by atoms with Crippen LogP contribution in [0.3, 0.4) is 0 Å². The van der Waals surface area contributed by atoms with Gasteiger partial charge in [-0.05, 0) is 54.7 Å². The van der Waals surface area contributed by atoms with Gasteiger partial charge in [0.05, 0.1) is 27.8 Å². The first-order chi connectivity index (χ1) is 16.3. The molecule has 1 unspecified atom stereocenters. The Labute approximate surface area is 202 Å². The topological polar surface area (TPSA) is 125 Å². The standard InChI is InChI=1S/C23H17ClF3NO6S/c24-16-3-1-2-15(23(25,26)27)20(16)35(33,34)19-14-10-13(22(31)32)8-9-17(14)28-18(19)11-4-6-12(7-5-11)21(29)30/h1-7,13,28H,8-10H2,(H,29,30)(H,31,32). The van der Waals surface area contributed by atoms with E-state index in [0.717, 1.165) is 12.1 Å². The zero-order valence-corrected chi connectivity index (χ0v) is 19.3. The summed E-state index contributed by atoms with van der Waals surface area (Å²) in [6.45, 7) is 0. The quantitative estimate of drug-likeness (QED) is 0.425. The fraction of sp³-hybridized carbons (Fsp3) is 0.217. The fourth-order valence-corrected chi connectivity index (χ4v) is 6.71. The third-order valence-corrected chi connectivity index (χ3v) is 8.31. The van der Waals surface area contributed by atoms with Crippen molar-refractivity contribution in [2.45, 2.75) is 35.2 Å². The van der Waals surface area contributed by atoms with Gasteiger partial charge in [-0.2, -0.15) is 13.2 Å². The molecule has 0 radical (unpaired) electrons. The van der Waals surface area contributed by atoms with Crippen molar-refractivity contribution in [3.8, 4) is 11.3 Å². The first-order valence-corrected chi connectivity index (χ1v) is 12.1. The molecule has 2 aromatic carbocycles. The third-order valence-electron chi connectivity index (χ3n) is 5.91. The van der Waals surface area contributed by atoms with E-state index in [0.29, 0.717) is 11.8 Å². The lowest BCUT2D eigenvalue weighted by molar-refractivity contribution is -0.142. The Kier molecular flexibility index (Phi) is 6.18. The lowest BCUT2D eigenvalue weighted by atomic mass is 9.87. The molecule has 4 rings (SSSR count). The van der Waals surface area contributed by atoms with Gasteiger partial charge in [-0.25, -0.2) is 13.2 Å². The highest BCUT2D eigenvalue weighted by atomic mass is 35.5. The van der Waals surface area contributed by atoms with Gasteiger partial charge in [-0.3, -0.25) is 4.79 Å². The molecule has 3 aromatic rings. The van der Waals surface area contributed by atoms with Crippen molar-refractivity contribution in [1.29, 1.82) is 0 Å². The van der Waals surface area contributed by atoms with Crippen LogP contribution in [0.15, 0.2) is 52.3 Å². The molecule has 1 aromatic heterocycles. The highest BCUT2D eigenvalue weighted by molar-refractivity contribution is 7.91. The Hall–Kier alpha value is -3.31. The van der Waals surface area contributed by atoms with Crippen LogP contribution in [0.1, 0.15) is 33.6 Å². The van der Waals surface area contributed by atoms with Crippen molar-refractivity contribution in [1.82, 2.24) is 4.98 Å². The summed E-state index contributed by atoms with van der Waals surface area (Å²) < 4.78 is 69.1. The summed E-state index contributed by atoms with van der Waals surface area (Å²) in [7, 11) is -4.93. The summed E-state index contributed by atoms with van der Waals surface area (Å²) >= 11 is 6.00. The molecule has 1 aliphatic carbocycles. The van der Waals surface area contributed by atoms with Gasteiger partial charge in [0.2, 0.25) is 9.84 Å². The minimum atomic E-state index is -5.03. The average molecular weight is 528 g/mol. The second-order valence-electron chi connectivity index (χ2n) is 8.06. The first kappa shape index (κ1) is 24.8. The second-order valence-corrected chi connectivity index (χ2v) is 10.3. The van der Waals surface area contributed by atoms with Crippen molar-refractivity contribution in [3.05, 3.63) is 69.9 Å². The smallest absolute Gasteiger partial charge is 0.417 e. The number of hydrogen-bond acceptors (Lipinski definition) is 4. The largest absolute Gasteiger partial charge is 0.481 e. The number of nitrogens with one attached hydrogen (secondary N) is 1. The maximum Gasteiger partial charge on any atom is 0.417 e. The minimum absolute atomic E-state index is 0.0639. The molecular formula is C23H17ClF3NO6S. The van der Waals surface area contributed by atoms with E-state index in [-0.39, 0.29) is 41.6 Å². The number of rotatable bonds is 5. The normalized spacial score (nSPS) is 16.1. The minimum Gasteiger partial charge on any atom is -0.481 e. The van der Waals surface area contributed by atoms with E-state index in [1.54, 1.807) is 0 Å². The molecule has 1 aliphatic rings. The molecule has 35 heavy (non-hydrogen) atoms. The van der Waals surface area contributed by atoms with Gasteiger partial charge in [-0.1, -0.05) is 29.8 Å². The van der Waals surface area contributed by atoms with Gasteiger partial charge in [-0.15, -0.1) is 0 Å². The Morgan fingerprint density at radius 3 is 2.26 bits per heavy atom. The highest BCUT2D eigenvalue weighted by Crippen LogP contribution is 2.45. The van der Waals surface area contributed by atoms with Crippen molar-refractivity contribution in [3.63, 3.8) is 0 Å². The van der Waals surface area contributed by atoms with E-state index < -0.39 is 54.2 Å². The predicted octanol–water partition coefficient (Wildman–Crippen LogP) is 5.07. The molecule has 0 spiro atoms. The lowest BCUT2D eigenvalue weighted by Gasteiger charge is -2.20. The number of aromatic nitrogens is 1. The van der Waals surface area contributed by atoms with Gasteiger partial charge in [0, 0.05) is 5.69 Å². The molecule has 0 aliphatic heterocycles. The highest BCUT2D eigenvalue weighted by Gasteiger charge is 2.42. The lowest BCUT2D eigenvalue weighted by Crippen LogP contribution is -2.23. The molecule has 1 heterocycles. The summed E-state index contributed by atoms with van der Waals surface area (Å²) in [6.07, 6.45) is -4.87. The molecule has 7 nitrogen and oxygen atoms in total. The molecule has 12 heteroatoms. The van der Waals surface area contributed by atoms with Crippen LogP contribution in [-0.4, -0.2) is 35.6 Å². The van der Waals surface area contributed by atoms with Crippen LogP contribution in [0.2, 0.25) is 5.02 Å². The monoisotopic (exact) mass is 527 g/mol. The van der Waals surface area contributed by atoms with E-state index in [4.69, 9.17) is 16.7 Å². The van der Waals surface area contributed by atoms with Crippen LogP contribution in [-0.2, 0) is 33.6 Å². The maximum atomic E-state index is 13.9. The van der Waals surface area contributed by atoms with Crippen LogP contribution >= 0.6 is 11.6 Å². The predicted molar refractivity (Wildman–Crippen MR) is 118 cm³/mol. The molecule has 0 bridgehead atoms. The number of halogens is 4. The van der Waals surface area contributed by atoms with Crippen LogP contribution in [0.4, 0.5) is 13.2 Å². The van der Waals surface area contributed by atoms with E-state index in [2.05, 4.69) is 4.98 Å². The number of carboxylic acids is 2. The number of fused-ring (bicyclic) bond motifs is 1. The van der Waals surface area contributed by atoms with Crippen LogP contribution < -0.4 is 0 Å². The van der Waals surface area contributed by atoms with E-state index >= 15 is 0 Å². The molecule has 184 valence electrons. The number of H-pyrrole nitrogens is 1. The number of aromatic amines is 1. The summed E-state index contributed by atoms with van der Waals surface area (Å²) in [5.41, 5.74) is -0.918. The summed E-state index contributed by atoms with van der Waals surface area (Å²) in [6, 6.07) is 7.73. The number of aliphatic carboxylic acids is 1. The zero-order chi connectivity index (χ0) is 25.7. The van der Waals surface area contributed by atoms with E-state index in [1.807, 2.05) is 0 Å². The van der Waals surface area contributed by atoms with E-state index in [1.165, 1.54) is 24.3 Å². The number of sulfone groups is 1. The maximum absolute atomic E-state index is 13.9. The van der Waals surface area contributed by atoms with Crippen LogP contribution in [0.5, 0.6) is 0 Å².